The van der Waals surface area contributed by atoms with Gasteiger partial charge in [-0.3, -0.25) is 4.79 Å². The molecule has 0 atom stereocenters. The smallest absolute Gasteiger partial charge is 0.423 e. The number of nitrogens with zero attached hydrogens (tertiary/aromatic N) is 1. The number of hydrogen-bond acceptors (Lipinski definition) is 5. The summed E-state index contributed by atoms with van der Waals surface area (Å²) < 4.78 is 12.9. The van der Waals surface area contributed by atoms with Crippen molar-refractivity contribution in [2.75, 3.05) is 10.6 Å². The highest BCUT2D eigenvalue weighted by Crippen LogP contribution is 2.12. The van der Waals surface area contributed by atoms with Crippen molar-refractivity contribution in [2.24, 2.45) is 0 Å². The number of pyridine rings is 1. The Morgan fingerprint density at radius 3 is 2.52 bits per heavy atom. The number of amides is 1. The Morgan fingerprint density at radius 1 is 1.07 bits per heavy atom. The largest absolute Gasteiger partial charge is 0.488 e. The van der Waals surface area contributed by atoms with Crippen molar-refractivity contribution < 1.29 is 19.2 Å². The van der Waals surface area contributed by atoms with Crippen LogP contribution in [-0.2, 0) is 6.54 Å². The third kappa shape index (κ3) is 5.13. The maximum absolute atomic E-state index is 12.9. The molecule has 0 unspecified atom stereocenters. The molecule has 0 radical (unpaired) electrons. The summed E-state index contributed by atoms with van der Waals surface area (Å²) in [5.74, 6) is -0.141. The Morgan fingerprint density at radius 2 is 1.85 bits per heavy atom. The first-order chi connectivity index (χ1) is 13.0. The summed E-state index contributed by atoms with van der Waals surface area (Å²) in [4.78, 5) is 16.4. The summed E-state index contributed by atoms with van der Waals surface area (Å²) in [5.41, 5.74) is 2.14. The van der Waals surface area contributed by atoms with E-state index in [1.165, 1.54) is 30.5 Å². The van der Waals surface area contributed by atoms with E-state index in [4.69, 9.17) is 0 Å². The van der Waals surface area contributed by atoms with Crippen molar-refractivity contribution in [1.82, 2.24) is 4.98 Å². The van der Waals surface area contributed by atoms with Crippen LogP contribution in [0.5, 0.6) is 0 Å². The number of aromatic nitrogens is 1. The first-order valence-electron chi connectivity index (χ1n) is 8.23. The predicted molar refractivity (Wildman–Crippen MR) is 102 cm³/mol. The molecular weight excluding hydrogens is 348 g/mol. The van der Waals surface area contributed by atoms with E-state index >= 15 is 0 Å². The minimum atomic E-state index is -1.51. The maximum Gasteiger partial charge on any atom is 0.488 e. The van der Waals surface area contributed by atoms with Gasteiger partial charge in [-0.2, -0.15) is 0 Å². The van der Waals surface area contributed by atoms with Crippen LogP contribution >= 0.6 is 0 Å². The van der Waals surface area contributed by atoms with Gasteiger partial charge in [0.1, 0.15) is 11.6 Å². The van der Waals surface area contributed by atoms with E-state index in [0.29, 0.717) is 29.1 Å². The molecule has 0 fully saturated rings. The second-order valence-corrected chi connectivity index (χ2v) is 5.87. The van der Waals surface area contributed by atoms with Crippen LogP contribution in [0.2, 0.25) is 0 Å². The van der Waals surface area contributed by atoms with Crippen LogP contribution in [0.4, 0.5) is 15.9 Å². The molecule has 0 aliphatic carbocycles. The zero-order valence-corrected chi connectivity index (χ0v) is 14.3. The lowest BCUT2D eigenvalue weighted by atomic mass is 9.80. The number of hydrogen-bond donors (Lipinski definition) is 4. The summed E-state index contributed by atoms with van der Waals surface area (Å²) in [6.07, 6.45) is 1.44. The summed E-state index contributed by atoms with van der Waals surface area (Å²) in [7, 11) is -1.51. The summed E-state index contributed by atoms with van der Waals surface area (Å²) in [6, 6.07) is 15.7. The molecule has 0 aliphatic rings. The van der Waals surface area contributed by atoms with Crippen LogP contribution in [0.15, 0.2) is 66.9 Å². The number of nitrogens with one attached hydrogen (secondary N) is 2. The Bertz CT molecular complexity index is 918. The topological polar surface area (TPSA) is 94.5 Å². The van der Waals surface area contributed by atoms with E-state index in [2.05, 4.69) is 15.6 Å². The van der Waals surface area contributed by atoms with E-state index in [0.717, 1.165) is 5.56 Å². The number of halogens is 1. The quantitative estimate of drug-likeness (QED) is 0.500. The monoisotopic (exact) mass is 365 g/mol. The average Bonchev–Trinajstić information content (AvgIpc) is 2.68. The highest BCUT2D eigenvalue weighted by Gasteiger charge is 2.11. The number of carbonyl (C=O) groups is 1. The average molecular weight is 365 g/mol. The molecule has 3 aromatic rings. The molecule has 0 aliphatic heterocycles. The molecule has 136 valence electrons. The predicted octanol–water partition coefficient (Wildman–Crippen LogP) is 1.76. The zero-order valence-electron chi connectivity index (χ0n) is 14.3. The molecule has 3 rings (SSSR count). The minimum Gasteiger partial charge on any atom is -0.423 e. The second-order valence-electron chi connectivity index (χ2n) is 5.87. The molecule has 2 aromatic carbocycles. The van der Waals surface area contributed by atoms with Gasteiger partial charge in [0, 0.05) is 18.4 Å². The highest BCUT2D eigenvalue weighted by atomic mass is 19.1. The minimum absolute atomic E-state index is 0.342. The van der Waals surface area contributed by atoms with Crippen molar-refractivity contribution in [1.29, 1.82) is 0 Å². The molecule has 0 saturated carbocycles. The van der Waals surface area contributed by atoms with E-state index < -0.39 is 7.12 Å². The Labute approximate surface area is 155 Å². The SMILES string of the molecule is O=C(Nc1ccc(F)cc1)c1ccc(NCc2cccc(B(O)O)c2)nc1. The van der Waals surface area contributed by atoms with Gasteiger partial charge >= 0.3 is 7.12 Å². The Balaban J connectivity index is 1.59. The third-order valence-corrected chi connectivity index (χ3v) is 3.85. The van der Waals surface area contributed by atoms with Gasteiger partial charge in [0.25, 0.3) is 5.91 Å². The maximum atomic E-state index is 12.9. The normalized spacial score (nSPS) is 10.3. The van der Waals surface area contributed by atoms with E-state index in [1.54, 1.807) is 30.3 Å². The Hall–Kier alpha value is -3.23. The molecule has 8 heteroatoms. The first kappa shape index (κ1) is 18.6. The summed E-state index contributed by atoms with van der Waals surface area (Å²) in [6.45, 7) is 0.439. The van der Waals surface area contributed by atoms with Gasteiger partial charge in [-0.25, -0.2) is 9.37 Å². The molecule has 0 saturated heterocycles. The number of rotatable bonds is 6. The van der Waals surface area contributed by atoms with Crippen molar-refractivity contribution in [3.05, 3.63) is 83.8 Å². The van der Waals surface area contributed by atoms with Gasteiger partial charge < -0.3 is 20.7 Å². The van der Waals surface area contributed by atoms with Crippen LogP contribution in [-0.4, -0.2) is 28.1 Å². The molecule has 0 spiro atoms. The van der Waals surface area contributed by atoms with E-state index in [9.17, 15) is 19.2 Å². The lowest BCUT2D eigenvalue weighted by Gasteiger charge is -2.09. The molecular formula is C19H17BFN3O3. The van der Waals surface area contributed by atoms with E-state index in [1.807, 2.05) is 6.07 Å². The van der Waals surface area contributed by atoms with Crippen molar-refractivity contribution in [3.8, 4) is 0 Å². The first-order valence-corrected chi connectivity index (χ1v) is 8.23. The van der Waals surface area contributed by atoms with Gasteiger partial charge in [-0.15, -0.1) is 0 Å². The van der Waals surface area contributed by atoms with Gasteiger partial charge in [-0.05, 0) is 47.4 Å². The fraction of sp³-hybridized carbons (Fsp3) is 0.0526. The summed E-state index contributed by atoms with van der Waals surface area (Å²) in [5, 5.41) is 24.2. The van der Waals surface area contributed by atoms with Crippen molar-refractivity contribution in [3.63, 3.8) is 0 Å². The number of benzene rings is 2. The van der Waals surface area contributed by atoms with Crippen LogP contribution in [0, 0.1) is 5.82 Å². The van der Waals surface area contributed by atoms with Crippen molar-refractivity contribution in [2.45, 2.75) is 6.54 Å². The standard InChI is InChI=1S/C19H17BFN3O3/c21-16-5-7-17(8-6-16)24-19(25)14-4-9-18(23-12-14)22-11-13-2-1-3-15(10-13)20(26)27/h1-10,12,26-27H,11H2,(H,22,23)(H,24,25). The molecule has 0 bridgehead atoms. The van der Waals surface area contributed by atoms with E-state index in [-0.39, 0.29) is 11.7 Å². The van der Waals surface area contributed by atoms with Gasteiger partial charge in [0.15, 0.2) is 0 Å². The molecule has 6 nitrogen and oxygen atoms in total. The number of carbonyl (C=O) groups excluding carboxylic acids is 1. The molecule has 1 aromatic heterocycles. The molecule has 4 N–H and O–H groups in total. The van der Waals surface area contributed by atoms with Crippen LogP contribution < -0.4 is 16.1 Å². The fourth-order valence-corrected chi connectivity index (χ4v) is 2.43. The summed E-state index contributed by atoms with van der Waals surface area (Å²) >= 11 is 0. The fourth-order valence-electron chi connectivity index (χ4n) is 2.43. The Kier molecular flexibility index (Phi) is 5.80. The molecule has 1 amide bonds. The second kappa shape index (κ2) is 8.44. The number of anilines is 2. The lowest BCUT2D eigenvalue weighted by molar-refractivity contribution is 0.102. The van der Waals surface area contributed by atoms with Crippen LogP contribution in [0.25, 0.3) is 0 Å². The van der Waals surface area contributed by atoms with Crippen LogP contribution in [0.3, 0.4) is 0 Å². The lowest BCUT2D eigenvalue weighted by Crippen LogP contribution is -2.30. The van der Waals surface area contributed by atoms with Gasteiger partial charge in [-0.1, -0.05) is 24.3 Å². The molecule has 1 heterocycles. The van der Waals surface area contributed by atoms with Crippen LogP contribution in [0.1, 0.15) is 15.9 Å². The van der Waals surface area contributed by atoms with Gasteiger partial charge in [0.2, 0.25) is 0 Å². The van der Waals surface area contributed by atoms with Gasteiger partial charge in [0.05, 0.1) is 5.56 Å². The zero-order chi connectivity index (χ0) is 19.2. The molecule has 27 heavy (non-hydrogen) atoms. The third-order valence-electron chi connectivity index (χ3n) is 3.85. The van der Waals surface area contributed by atoms with Crippen molar-refractivity contribution >= 4 is 30.0 Å². The highest BCUT2D eigenvalue weighted by molar-refractivity contribution is 6.58.